The summed E-state index contributed by atoms with van der Waals surface area (Å²) in [7, 11) is -4.05. The molecule has 1 aliphatic heterocycles. The summed E-state index contributed by atoms with van der Waals surface area (Å²) in [4.78, 5) is 9.83. The van der Waals surface area contributed by atoms with Crippen LogP contribution in [0.25, 0.3) is 0 Å². The molecule has 1 aromatic rings. The van der Waals surface area contributed by atoms with Gasteiger partial charge in [0.15, 0.2) is 4.90 Å². The van der Waals surface area contributed by atoms with Crippen LogP contribution < -0.4 is 16.0 Å². The molecule has 10 heteroatoms. The van der Waals surface area contributed by atoms with Gasteiger partial charge in [-0.05, 0) is 25.5 Å². The van der Waals surface area contributed by atoms with Gasteiger partial charge >= 0.3 is 0 Å². The van der Waals surface area contributed by atoms with Crippen molar-refractivity contribution in [2.45, 2.75) is 30.4 Å². The van der Waals surface area contributed by atoms with Crippen LogP contribution in [0, 0.1) is 10.1 Å². The highest BCUT2D eigenvalue weighted by atomic mass is 32.2. The van der Waals surface area contributed by atoms with Crippen molar-refractivity contribution in [3.63, 3.8) is 0 Å². The largest absolute Gasteiger partial charge is 0.377 e. The van der Waals surface area contributed by atoms with E-state index in [2.05, 4.69) is 10.1 Å². The van der Waals surface area contributed by atoms with Crippen LogP contribution in [0.4, 0.5) is 11.4 Å². The predicted molar refractivity (Wildman–Crippen MR) is 75.0 cm³/mol. The van der Waals surface area contributed by atoms with Crippen molar-refractivity contribution < 1.29 is 18.1 Å². The maximum Gasteiger partial charge on any atom is 0.289 e. The lowest BCUT2D eigenvalue weighted by atomic mass is 10.2. The molecular formula is C11H16N4O5S. The van der Waals surface area contributed by atoms with Crippen molar-refractivity contribution in [1.82, 2.24) is 4.72 Å². The van der Waals surface area contributed by atoms with Gasteiger partial charge in [-0.3, -0.25) is 16.0 Å². The molecular weight excluding hydrogens is 300 g/mol. The first kappa shape index (κ1) is 15.6. The number of sulfonamides is 1. The van der Waals surface area contributed by atoms with E-state index in [1.165, 1.54) is 6.07 Å². The number of nitro groups is 1. The number of anilines is 1. The molecule has 116 valence electrons. The fourth-order valence-corrected chi connectivity index (χ4v) is 3.65. The Labute approximate surface area is 121 Å². The Kier molecular flexibility index (Phi) is 4.42. The fraction of sp³-hybridized carbons (Fsp3) is 0.455. The number of ether oxygens (including phenoxy) is 1. The molecule has 0 spiro atoms. The summed E-state index contributed by atoms with van der Waals surface area (Å²) >= 11 is 0. The Morgan fingerprint density at radius 1 is 1.48 bits per heavy atom. The van der Waals surface area contributed by atoms with Crippen molar-refractivity contribution in [2.75, 3.05) is 12.0 Å². The molecule has 1 fully saturated rings. The van der Waals surface area contributed by atoms with Gasteiger partial charge in [-0.2, -0.15) is 0 Å². The van der Waals surface area contributed by atoms with Crippen LogP contribution >= 0.6 is 0 Å². The predicted octanol–water partition coefficient (Wildman–Crippen LogP) is 0.336. The van der Waals surface area contributed by atoms with Crippen molar-refractivity contribution >= 4 is 21.4 Å². The zero-order chi connectivity index (χ0) is 15.6. The number of nitrogen functional groups attached to an aromatic ring is 1. The van der Waals surface area contributed by atoms with Crippen molar-refractivity contribution in [2.24, 2.45) is 5.84 Å². The molecule has 2 unspecified atom stereocenters. The number of hydrogen-bond acceptors (Lipinski definition) is 7. The molecule has 2 rings (SSSR count). The quantitative estimate of drug-likeness (QED) is 0.404. The lowest BCUT2D eigenvalue weighted by Crippen LogP contribution is -2.39. The van der Waals surface area contributed by atoms with E-state index in [1.54, 1.807) is 6.92 Å². The molecule has 0 aliphatic carbocycles. The van der Waals surface area contributed by atoms with E-state index in [1.807, 2.05) is 0 Å². The third-order valence-electron chi connectivity index (χ3n) is 3.30. The lowest BCUT2D eigenvalue weighted by Gasteiger charge is -2.16. The van der Waals surface area contributed by atoms with Crippen LogP contribution in [0.15, 0.2) is 23.1 Å². The Morgan fingerprint density at radius 2 is 2.19 bits per heavy atom. The maximum absolute atomic E-state index is 12.4. The molecule has 0 bridgehead atoms. The van der Waals surface area contributed by atoms with Crippen LogP contribution in [0.3, 0.4) is 0 Å². The van der Waals surface area contributed by atoms with Crippen LogP contribution in [-0.4, -0.2) is 32.1 Å². The Hall–Kier alpha value is -1.75. The summed E-state index contributed by atoms with van der Waals surface area (Å²) in [6.45, 7) is 2.19. The highest BCUT2D eigenvalue weighted by molar-refractivity contribution is 7.89. The molecule has 2 atom stereocenters. The van der Waals surface area contributed by atoms with Gasteiger partial charge in [0.1, 0.15) is 0 Å². The summed E-state index contributed by atoms with van der Waals surface area (Å²) in [5.41, 5.74) is 2.02. The second-order valence-electron chi connectivity index (χ2n) is 4.68. The van der Waals surface area contributed by atoms with Crippen LogP contribution in [0.1, 0.15) is 13.3 Å². The second-order valence-corrected chi connectivity index (χ2v) is 6.36. The average molecular weight is 316 g/mol. The molecule has 21 heavy (non-hydrogen) atoms. The molecule has 0 saturated carbocycles. The highest BCUT2D eigenvalue weighted by Gasteiger charge is 2.33. The van der Waals surface area contributed by atoms with Gasteiger partial charge in [0, 0.05) is 12.7 Å². The molecule has 4 N–H and O–H groups in total. The van der Waals surface area contributed by atoms with Crippen LogP contribution in [0.2, 0.25) is 0 Å². The summed E-state index contributed by atoms with van der Waals surface area (Å²) in [6, 6.07) is 3.14. The zero-order valence-corrected chi connectivity index (χ0v) is 12.1. The molecule has 0 aromatic heterocycles. The standard InChI is InChI=1S/C11H16N4O5S/c1-7-9(4-5-20-7)14-21(18,19)11-6-8(13-12)2-3-10(11)15(16)17/h2-3,6-7,9,13-14H,4-5,12H2,1H3. The van der Waals surface area contributed by atoms with Crippen molar-refractivity contribution in [1.29, 1.82) is 0 Å². The van der Waals surface area contributed by atoms with Crippen LogP contribution in [-0.2, 0) is 14.8 Å². The number of rotatable bonds is 5. The summed E-state index contributed by atoms with van der Waals surface area (Å²) in [5, 5.41) is 11.0. The number of hydrazine groups is 1. The van der Waals surface area contributed by atoms with Crippen molar-refractivity contribution in [3.8, 4) is 0 Å². The van der Waals surface area contributed by atoms with Gasteiger partial charge < -0.3 is 10.2 Å². The van der Waals surface area contributed by atoms with Gasteiger partial charge in [0.25, 0.3) is 5.69 Å². The Bertz CT molecular complexity index is 648. The molecule has 1 aromatic carbocycles. The number of nitrogens with zero attached hydrogens (tertiary/aromatic N) is 1. The average Bonchev–Trinajstić information content (AvgIpc) is 2.82. The Morgan fingerprint density at radius 3 is 2.71 bits per heavy atom. The van der Waals surface area contributed by atoms with Gasteiger partial charge in [-0.25, -0.2) is 13.1 Å². The normalized spacial score (nSPS) is 22.2. The second kappa shape index (κ2) is 5.93. The minimum Gasteiger partial charge on any atom is -0.377 e. The first-order chi connectivity index (χ1) is 9.85. The summed E-state index contributed by atoms with van der Waals surface area (Å²) < 4.78 is 32.5. The maximum atomic E-state index is 12.4. The molecule has 0 radical (unpaired) electrons. The molecule has 1 aliphatic rings. The monoisotopic (exact) mass is 316 g/mol. The van der Waals surface area contributed by atoms with Gasteiger partial charge in [0.2, 0.25) is 10.0 Å². The van der Waals surface area contributed by atoms with E-state index < -0.39 is 31.6 Å². The molecule has 0 amide bonds. The highest BCUT2D eigenvalue weighted by Crippen LogP contribution is 2.27. The van der Waals surface area contributed by atoms with E-state index in [0.29, 0.717) is 13.0 Å². The van der Waals surface area contributed by atoms with Gasteiger partial charge in [-0.1, -0.05) is 0 Å². The third-order valence-corrected chi connectivity index (χ3v) is 4.81. The summed E-state index contributed by atoms with van der Waals surface area (Å²) in [5.74, 6) is 5.22. The number of nitrogens with one attached hydrogen (secondary N) is 2. The lowest BCUT2D eigenvalue weighted by molar-refractivity contribution is -0.387. The van der Waals surface area contributed by atoms with E-state index in [-0.39, 0.29) is 11.8 Å². The zero-order valence-electron chi connectivity index (χ0n) is 11.3. The van der Waals surface area contributed by atoms with Crippen molar-refractivity contribution in [3.05, 3.63) is 28.3 Å². The minimum atomic E-state index is -4.05. The van der Waals surface area contributed by atoms with E-state index in [0.717, 1.165) is 12.1 Å². The minimum absolute atomic E-state index is 0.261. The first-order valence-electron chi connectivity index (χ1n) is 6.24. The Balaban J connectivity index is 2.40. The smallest absolute Gasteiger partial charge is 0.289 e. The van der Waals surface area contributed by atoms with E-state index in [4.69, 9.17) is 10.6 Å². The van der Waals surface area contributed by atoms with Gasteiger partial charge in [-0.15, -0.1) is 0 Å². The first-order valence-corrected chi connectivity index (χ1v) is 7.72. The molecule has 9 nitrogen and oxygen atoms in total. The van der Waals surface area contributed by atoms with E-state index in [9.17, 15) is 18.5 Å². The summed E-state index contributed by atoms with van der Waals surface area (Å²) in [6.07, 6.45) is 0.234. The fourth-order valence-electron chi connectivity index (χ4n) is 2.12. The SMILES string of the molecule is CC1OCCC1NS(=O)(=O)c1cc(NN)ccc1[N+](=O)[O-]. The topological polar surface area (TPSA) is 137 Å². The van der Waals surface area contributed by atoms with E-state index >= 15 is 0 Å². The number of hydrogen-bond donors (Lipinski definition) is 3. The van der Waals surface area contributed by atoms with Gasteiger partial charge in [0.05, 0.1) is 22.8 Å². The number of nitro benzene ring substituents is 1. The number of nitrogens with two attached hydrogens (primary N) is 1. The molecule has 1 heterocycles. The third kappa shape index (κ3) is 3.29. The van der Waals surface area contributed by atoms with Crippen LogP contribution in [0.5, 0.6) is 0 Å². The molecule has 1 saturated heterocycles. The number of benzene rings is 1.